The summed E-state index contributed by atoms with van der Waals surface area (Å²) in [5.41, 5.74) is 4.32. The zero-order valence-electron chi connectivity index (χ0n) is 20.8. The SMILES string of the molecule is CN=C(NC#N)NC1CCC(CNC(=O)c2cnc3c(c(C)nn3C)c2CI)(c2ccccc2)CC1. The van der Waals surface area contributed by atoms with Crippen LogP contribution in [0.5, 0.6) is 0 Å². The zero-order valence-corrected chi connectivity index (χ0v) is 23.0. The predicted octanol–water partition coefficient (Wildman–Crippen LogP) is 3.47. The smallest absolute Gasteiger partial charge is 0.253 e. The monoisotopic (exact) mass is 598 g/mol. The molecular weight excluding hydrogens is 567 g/mol. The molecule has 1 amide bonds. The van der Waals surface area contributed by atoms with Crippen molar-refractivity contribution in [2.24, 2.45) is 12.0 Å². The molecule has 3 N–H and O–H groups in total. The summed E-state index contributed by atoms with van der Waals surface area (Å²) >= 11 is 2.30. The van der Waals surface area contributed by atoms with Crippen LogP contribution in [0.3, 0.4) is 0 Å². The lowest BCUT2D eigenvalue weighted by atomic mass is 9.68. The van der Waals surface area contributed by atoms with Crippen molar-refractivity contribution >= 4 is 45.5 Å². The van der Waals surface area contributed by atoms with Crippen LogP contribution in [0, 0.1) is 18.4 Å². The van der Waals surface area contributed by atoms with Crippen LogP contribution in [0.15, 0.2) is 41.5 Å². The minimum Gasteiger partial charge on any atom is -0.353 e. The molecule has 0 unspecified atom stereocenters. The molecule has 1 saturated carbocycles. The number of pyridine rings is 1. The average Bonchev–Trinajstić information content (AvgIpc) is 3.21. The van der Waals surface area contributed by atoms with Gasteiger partial charge in [-0.05, 0) is 43.7 Å². The number of aromatic nitrogens is 3. The van der Waals surface area contributed by atoms with Crippen molar-refractivity contribution < 1.29 is 4.79 Å². The first kappa shape index (κ1) is 25.9. The molecule has 4 rings (SSSR count). The number of halogens is 1. The summed E-state index contributed by atoms with van der Waals surface area (Å²) in [6.07, 6.45) is 7.20. The Labute approximate surface area is 224 Å². The molecule has 1 aliphatic rings. The third kappa shape index (κ3) is 5.16. The van der Waals surface area contributed by atoms with Crippen LogP contribution in [0.4, 0.5) is 0 Å². The Kier molecular flexibility index (Phi) is 8.08. The van der Waals surface area contributed by atoms with E-state index in [0.717, 1.165) is 48.0 Å². The maximum Gasteiger partial charge on any atom is 0.253 e. The van der Waals surface area contributed by atoms with E-state index in [-0.39, 0.29) is 17.4 Å². The number of alkyl halides is 1. The largest absolute Gasteiger partial charge is 0.353 e. The van der Waals surface area contributed by atoms with Gasteiger partial charge < -0.3 is 10.6 Å². The van der Waals surface area contributed by atoms with Crippen molar-refractivity contribution in [3.63, 3.8) is 0 Å². The van der Waals surface area contributed by atoms with Crippen LogP contribution in [0.2, 0.25) is 0 Å². The first-order valence-corrected chi connectivity index (χ1v) is 13.5. The number of guanidine groups is 1. The standard InChI is InChI=1S/C26H31IN8O/c1-17-22-20(13-27)21(14-30-23(22)35(3)34-17)24(36)31-15-26(18-7-5-4-6-8-18)11-9-19(10-12-26)33-25(29-2)32-16-28/h4-8,14,19H,9-13,15H2,1-3H3,(H,31,36)(H2,29,32,33). The molecule has 3 aromatic rings. The molecule has 1 fully saturated rings. The lowest BCUT2D eigenvalue weighted by Crippen LogP contribution is -2.49. The molecule has 1 aromatic carbocycles. The Morgan fingerprint density at radius 3 is 2.67 bits per heavy atom. The number of nitrogens with one attached hydrogen (secondary N) is 3. The summed E-state index contributed by atoms with van der Waals surface area (Å²) in [4.78, 5) is 22.1. The maximum atomic E-state index is 13.5. The van der Waals surface area contributed by atoms with Gasteiger partial charge in [0.2, 0.25) is 5.96 Å². The van der Waals surface area contributed by atoms with E-state index in [1.54, 1.807) is 17.9 Å². The minimum absolute atomic E-state index is 0.103. The Hall–Kier alpha value is -3.20. The van der Waals surface area contributed by atoms with Crippen LogP contribution >= 0.6 is 22.6 Å². The molecule has 2 aromatic heterocycles. The molecular formula is C26H31IN8O. The molecule has 1 aliphatic carbocycles. The van der Waals surface area contributed by atoms with Crippen LogP contribution in [-0.2, 0) is 16.9 Å². The van der Waals surface area contributed by atoms with Gasteiger partial charge in [0.1, 0.15) is 0 Å². The molecule has 0 aliphatic heterocycles. The highest BCUT2D eigenvalue weighted by Gasteiger charge is 2.37. The second-order valence-corrected chi connectivity index (χ2v) is 10.0. The average molecular weight is 598 g/mol. The minimum atomic E-state index is -0.173. The van der Waals surface area contributed by atoms with Gasteiger partial charge in [0, 0.05) is 48.1 Å². The summed E-state index contributed by atoms with van der Waals surface area (Å²) < 4.78 is 2.46. The second-order valence-electron chi connectivity index (χ2n) is 9.25. The molecule has 0 radical (unpaired) electrons. The molecule has 0 saturated heterocycles. The van der Waals surface area contributed by atoms with E-state index in [4.69, 9.17) is 5.26 Å². The lowest BCUT2D eigenvalue weighted by molar-refractivity contribution is 0.0934. The van der Waals surface area contributed by atoms with Crippen LogP contribution < -0.4 is 16.0 Å². The Morgan fingerprint density at radius 1 is 1.31 bits per heavy atom. The number of aryl methyl sites for hydroxylation is 2. The van der Waals surface area contributed by atoms with Crippen molar-refractivity contribution in [2.45, 2.75) is 48.5 Å². The molecule has 2 heterocycles. The Morgan fingerprint density at radius 2 is 2.03 bits per heavy atom. The summed E-state index contributed by atoms with van der Waals surface area (Å²) in [5, 5.41) is 23.6. The number of benzene rings is 1. The quantitative estimate of drug-likeness (QED) is 0.0999. The van der Waals surface area contributed by atoms with Gasteiger partial charge in [0.15, 0.2) is 11.8 Å². The van der Waals surface area contributed by atoms with Crippen LogP contribution in [-0.4, -0.2) is 46.3 Å². The Bertz CT molecular complexity index is 1300. The van der Waals surface area contributed by atoms with E-state index >= 15 is 0 Å². The van der Waals surface area contributed by atoms with Crippen molar-refractivity contribution in [3.05, 3.63) is 58.9 Å². The summed E-state index contributed by atoms with van der Waals surface area (Å²) in [6.45, 7) is 2.50. The normalized spacial score (nSPS) is 20.1. The summed E-state index contributed by atoms with van der Waals surface area (Å²) in [7, 11) is 3.53. The Balaban J connectivity index is 1.55. The fraction of sp³-hybridized carbons (Fsp3) is 0.423. The number of fused-ring (bicyclic) bond motifs is 1. The van der Waals surface area contributed by atoms with E-state index in [1.165, 1.54) is 5.56 Å². The third-order valence-corrected chi connectivity index (χ3v) is 7.93. The number of hydrogen-bond acceptors (Lipinski definition) is 5. The highest BCUT2D eigenvalue weighted by Crippen LogP contribution is 2.39. The molecule has 36 heavy (non-hydrogen) atoms. The summed E-state index contributed by atoms with van der Waals surface area (Å²) in [6, 6.07) is 10.6. The van der Waals surface area contributed by atoms with Gasteiger partial charge in [-0.3, -0.25) is 19.8 Å². The van der Waals surface area contributed by atoms with Crippen molar-refractivity contribution in [1.29, 1.82) is 5.26 Å². The number of hydrogen-bond donors (Lipinski definition) is 3. The van der Waals surface area contributed by atoms with E-state index < -0.39 is 0 Å². The number of aliphatic imine (C=N–C) groups is 1. The number of carbonyl (C=O) groups excluding carboxylic acids is 1. The highest BCUT2D eigenvalue weighted by atomic mass is 127. The van der Waals surface area contributed by atoms with Gasteiger partial charge in [-0.2, -0.15) is 10.4 Å². The summed E-state index contributed by atoms with van der Waals surface area (Å²) in [5.74, 6) is 0.386. The molecule has 9 nitrogen and oxygen atoms in total. The molecule has 0 bridgehead atoms. The predicted molar refractivity (Wildman–Crippen MR) is 149 cm³/mol. The second kappa shape index (κ2) is 11.2. The number of carbonyl (C=O) groups is 1. The van der Waals surface area contributed by atoms with Crippen molar-refractivity contribution in [2.75, 3.05) is 13.6 Å². The highest BCUT2D eigenvalue weighted by molar-refractivity contribution is 14.1. The zero-order chi connectivity index (χ0) is 25.7. The molecule has 0 spiro atoms. The van der Waals surface area contributed by atoms with Gasteiger partial charge >= 0.3 is 0 Å². The van der Waals surface area contributed by atoms with Gasteiger partial charge in [-0.15, -0.1) is 0 Å². The number of amides is 1. The molecule has 188 valence electrons. The number of nitriles is 1. The topological polar surface area (TPSA) is 120 Å². The van der Waals surface area contributed by atoms with Gasteiger partial charge in [-0.1, -0.05) is 52.9 Å². The fourth-order valence-electron chi connectivity index (χ4n) is 5.24. The number of nitrogens with zero attached hydrogens (tertiary/aromatic N) is 5. The number of rotatable bonds is 6. The van der Waals surface area contributed by atoms with E-state index in [2.05, 4.69) is 77.9 Å². The van der Waals surface area contributed by atoms with E-state index in [0.29, 0.717) is 22.5 Å². The lowest BCUT2D eigenvalue weighted by Gasteiger charge is -2.41. The molecule has 10 heteroatoms. The van der Waals surface area contributed by atoms with Gasteiger partial charge in [0.05, 0.1) is 11.3 Å². The first-order chi connectivity index (χ1) is 17.4. The van der Waals surface area contributed by atoms with Crippen molar-refractivity contribution in [1.82, 2.24) is 30.7 Å². The first-order valence-electron chi connectivity index (χ1n) is 12.0. The van der Waals surface area contributed by atoms with Crippen molar-refractivity contribution in [3.8, 4) is 6.19 Å². The fourth-order valence-corrected chi connectivity index (χ4v) is 6.03. The third-order valence-electron chi connectivity index (χ3n) is 7.17. The van der Waals surface area contributed by atoms with Crippen LogP contribution in [0.25, 0.3) is 11.0 Å². The van der Waals surface area contributed by atoms with Crippen LogP contribution in [0.1, 0.15) is 52.9 Å². The van der Waals surface area contributed by atoms with Gasteiger partial charge in [0.25, 0.3) is 5.91 Å². The van der Waals surface area contributed by atoms with E-state index in [1.807, 2.05) is 26.2 Å². The van der Waals surface area contributed by atoms with Gasteiger partial charge in [-0.25, -0.2) is 4.98 Å². The maximum absolute atomic E-state index is 13.5. The van der Waals surface area contributed by atoms with E-state index in [9.17, 15) is 4.79 Å². The molecule has 0 atom stereocenters.